The lowest BCUT2D eigenvalue weighted by Crippen LogP contribution is -2.48. The maximum absolute atomic E-state index is 13.0. The predicted molar refractivity (Wildman–Crippen MR) is 93.8 cm³/mol. The summed E-state index contributed by atoms with van der Waals surface area (Å²) in [5.41, 5.74) is 3.02. The topological polar surface area (TPSA) is 97.4 Å². The van der Waals surface area contributed by atoms with Gasteiger partial charge < -0.3 is 0 Å². The van der Waals surface area contributed by atoms with Crippen LogP contribution in [0.4, 0.5) is 0 Å². The second-order valence-electron chi connectivity index (χ2n) is 6.45. The molecule has 10 heteroatoms. The molecule has 26 heavy (non-hydrogen) atoms. The van der Waals surface area contributed by atoms with Crippen molar-refractivity contribution >= 4 is 21.1 Å². The van der Waals surface area contributed by atoms with Crippen LogP contribution in [0.5, 0.6) is 0 Å². The second-order valence-corrected chi connectivity index (χ2v) is 8.35. The molecule has 1 aliphatic heterocycles. The summed E-state index contributed by atoms with van der Waals surface area (Å²) >= 11 is 0. The standard InChI is InChI=1S/C16H20N6O3S/c1-12-13(10-17-20(12)2)11-21-6-8-22(9-7-21)26(23,24)15-5-3-4-14-16(15)19-25-18-14/h3-5,10H,6-9,11H2,1-2H3. The first-order valence-corrected chi connectivity index (χ1v) is 9.82. The summed E-state index contributed by atoms with van der Waals surface area (Å²) in [5, 5.41) is 11.7. The molecule has 0 bridgehead atoms. The molecule has 0 unspecified atom stereocenters. The van der Waals surface area contributed by atoms with E-state index < -0.39 is 10.0 Å². The van der Waals surface area contributed by atoms with Gasteiger partial charge >= 0.3 is 0 Å². The summed E-state index contributed by atoms with van der Waals surface area (Å²) < 4.78 is 34.1. The molecule has 0 N–H and O–H groups in total. The van der Waals surface area contributed by atoms with Crippen LogP contribution in [0.25, 0.3) is 11.0 Å². The third kappa shape index (κ3) is 2.89. The molecule has 0 spiro atoms. The highest BCUT2D eigenvalue weighted by molar-refractivity contribution is 7.89. The van der Waals surface area contributed by atoms with Crippen LogP contribution in [0, 0.1) is 6.92 Å². The highest BCUT2D eigenvalue weighted by atomic mass is 32.2. The minimum atomic E-state index is -3.63. The fraction of sp³-hybridized carbons (Fsp3) is 0.438. The molecule has 9 nitrogen and oxygen atoms in total. The third-order valence-electron chi connectivity index (χ3n) is 4.93. The number of benzene rings is 1. The van der Waals surface area contributed by atoms with Gasteiger partial charge in [0.15, 0.2) is 5.52 Å². The van der Waals surface area contributed by atoms with Crippen LogP contribution < -0.4 is 0 Å². The van der Waals surface area contributed by atoms with Crippen molar-refractivity contribution in [1.82, 2.24) is 29.3 Å². The van der Waals surface area contributed by atoms with Gasteiger partial charge in [-0.25, -0.2) is 13.0 Å². The Morgan fingerprint density at radius 1 is 1.15 bits per heavy atom. The number of aryl methyl sites for hydroxylation is 1. The van der Waals surface area contributed by atoms with Crippen molar-refractivity contribution in [3.8, 4) is 0 Å². The van der Waals surface area contributed by atoms with Gasteiger partial charge in [0, 0.05) is 51.0 Å². The molecule has 3 heterocycles. The molecule has 0 saturated carbocycles. The van der Waals surface area contributed by atoms with E-state index in [4.69, 9.17) is 0 Å². The van der Waals surface area contributed by atoms with Crippen LogP contribution >= 0.6 is 0 Å². The third-order valence-corrected chi connectivity index (χ3v) is 6.86. The zero-order valence-corrected chi connectivity index (χ0v) is 15.5. The van der Waals surface area contributed by atoms with E-state index in [0.717, 1.165) is 12.2 Å². The fourth-order valence-corrected chi connectivity index (χ4v) is 4.76. The smallest absolute Gasteiger partial charge is 0.245 e. The normalized spacial score (nSPS) is 17.2. The van der Waals surface area contributed by atoms with Crippen LogP contribution in [-0.4, -0.2) is 63.9 Å². The minimum absolute atomic E-state index is 0.146. The van der Waals surface area contributed by atoms with Gasteiger partial charge in [-0.3, -0.25) is 9.58 Å². The fourth-order valence-electron chi connectivity index (χ4n) is 3.20. The van der Waals surface area contributed by atoms with Crippen molar-refractivity contribution in [3.63, 3.8) is 0 Å². The van der Waals surface area contributed by atoms with Crippen molar-refractivity contribution in [2.45, 2.75) is 18.4 Å². The van der Waals surface area contributed by atoms with Gasteiger partial charge in [0.2, 0.25) is 10.0 Å². The Morgan fingerprint density at radius 3 is 2.62 bits per heavy atom. The van der Waals surface area contributed by atoms with E-state index in [1.54, 1.807) is 18.2 Å². The predicted octanol–water partition coefficient (Wildman–Crippen LogP) is 0.771. The van der Waals surface area contributed by atoms with Crippen LogP contribution in [0.15, 0.2) is 33.9 Å². The molecule has 138 valence electrons. The molecular weight excluding hydrogens is 356 g/mol. The van der Waals surface area contributed by atoms with Gasteiger partial charge in [-0.05, 0) is 29.4 Å². The molecule has 2 aromatic heterocycles. The van der Waals surface area contributed by atoms with Crippen LogP contribution in [0.1, 0.15) is 11.3 Å². The van der Waals surface area contributed by atoms with E-state index in [0.29, 0.717) is 31.7 Å². The lowest BCUT2D eigenvalue weighted by molar-refractivity contribution is 0.181. The molecule has 0 radical (unpaired) electrons. The van der Waals surface area contributed by atoms with E-state index in [1.807, 2.05) is 24.9 Å². The zero-order valence-electron chi connectivity index (χ0n) is 14.7. The Hall–Kier alpha value is -2.30. The molecule has 3 aromatic rings. The van der Waals surface area contributed by atoms with E-state index in [-0.39, 0.29) is 10.4 Å². The first kappa shape index (κ1) is 17.1. The first-order valence-electron chi connectivity index (χ1n) is 8.38. The summed E-state index contributed by atoms with van der Waals surface area (Å²) in [5.74, 6) is 0. The highest BCUT2D eigenvalue weighted by Gasteiger charge is 2.31. The number of sulfonamides is 1. The largest absolute Gasteiger partial charge is 0.296 e. The quantitative estimate of drug-likeness (QED) is 0.663. The number of hydrogen-bond acceptors (Lipinski definition) is 7. The van der Waals surface area contributed by atoms with Crippen molar-refractivity contribution in [2.24, 2.45) is 7.05 Å². The molecule has 1 fully saturated rings. The van der Waals surface area contributed by atoms with Crippen molar-refractivity contribution < 1.29 is 13.0 Å². The summed E-state index contributed by atoms with van der Waals surface area (Å²) in [7, 11) is -1.71. The van der Waals surface area contributed by atoms with Crippen LogP contribution in [0.3, 0.4) is 0 Å². The number of piperazine rings is 1. The summed E-state index contributed by atoms with van der Waals surface area (Å²) in [6.45, 7) is 5.01. The molecular formula is C16H20N6O3S. The van der Waals surface area contributed by atoms with E-state index in [9.17, 15) is 8.42 Å². The maximum Gasteiger partial charge on any atom is 0.245 e. The molecule has 0 aliphatic carbocycles. The molecule has 0 amide bonds. The Kier molecular flexibility index (Phi) is 4.25. The van der Waals surface area contributed by atoms with Gasteiger partial charge in [-0.1, -0.05) is 6.07 Å². The van der Waals surface area contributed by atoms with Gasteiger partial charge in [0.1, 0.15) is 10.4 Å². The molecule has 0 atom stereocenters. The Bertz CT molecular complexity index is 1030. The lowest BCUT2D eigenvalue weighted by Gasteiger charge is -2.33. The lowest BCUT2D eigenvalue weighted by atomic mass is 10.2. The van der Waals surface area contributed by atoms with Crippen LogP contribution in [0.2, 0.25) is 0 Å². The van der Waals surface area contributed by atoms with E-state index in [2.05, 4.69) is 24.9 Å². The number of rotatable bonds is 4. The summed E-state index contributed by atoms with van der Waals surface area (Å²) in [6, 6.07) is 4.88. The second kappa shape index (κ2) is 6.45. The highest BCUT2D eigenvalue weighted by Crippen LogP contribution is 2.24. The average molecular weight is 376 g/mol. The molecule has 1 saturated heterocycles. The van der Waals surface area contributed by atoms with E-state index in [1.165, 1.54) is 9.87 Å². The van der Waals surface area contributed by atoms with Gasteiger partial charge in [-0.2, -0.15) is 9.40 Å². The Morgan fingerprint density at radius 2 is 1.92 bits per heavy atom. The maximum atomic E-state index is 13.0. The Labute approximate surface area is 151 Å². The number of nitrogens with zero attached hydrogens (tertiary/aromatic N) is 6. The molecule has 1 aliphatic rings. The van der Waals surface area contributed by atoms with Crippen molar-refractivity contribution in [3.05, 3.63) is 35.7 Å². The zero-order chi connectivity index (χ0) is 18.3. The SMILES string of the molecule is Cc1c(CN2CCN(S(=O)(=O)c3cccc4nonc34)CC2)cnn1C. The van der Waals surface area contributed by atoms with Gasteiger partial charge in [0.25, 0.3) is 0 Å². The van der Waals surface area contributed by atoms with Gasteiger partial charge in [0.05, 0.1) is 6.20 Å². The average Bonchev–Trinajstić information content (AvgIpc) is 3.24. The number of fused-ring (bicyclic) bond motifs is 1. The van der Waals surface area contributed by atoms with Crippen molar-refractivity contribution in [1.29, 1.82) is 0 Å². The Balaban J connectivity index is 1.49. The van der Waals surface area contributed by atoms with Crippen molar-refractivity contribution in [2.75, 3.05) is 26.2 Å². The number of hydrogen-bond donors (Lipinski definition) is 0. The monoisotopic (exact) mass is 376 g/mol. The first-order chi connectivity index (χ1) is 12.5. The molecule has 4 rings (SSSR count). The summed E-state index contributed by atoms with van der Waals surface area (Å²) in [4.78, 5) is 2.39. The summed E-state index contributed by atoms with van der Waals surface area (Å²) in [6.07, 6.45) is 1.87. The number of aromatic nitrogens is 4. The molecule has 1 aromatic carbocycles. The van der Waals surface area contributed by atoms with E-state index >= 15 is 0 Å². The van der Waals surface area contributed by atoms with Gasteiger partial charge in [-0.15, -0.1) is 0 Å². The van der Waals surface area contributed by atoms with Crippen LogP contribution in [-0.2, 0) is 23.6 Å². The minimum Gasteiger partial charge on any atom is -0.296 e.